The van der Waals surface area contributed by atoms with Crippen molar-refractivity contribution in [2.75, 3.05) is 32.1 Å². The van der Waals surface area contributed by atoms with E-state index in [1.54, 1.807) is 6.07 Å². The van der Waals surface area contributed by atoms with E-state index in [0.717, 1.165) is 19.0 Å². The molecule has 6 heteroatoms. The maximum atomic E-state index is 12.9. The summed E-state index contributed by atoms with van der Waals surface area (Å²) in [7, 11) is 3.93. The number of likely N-dealkylation sites (N-methyl/N-ethyl adjacent to an activating group) is 1. The first kappa shape index (κ1) is 14.8. The van der Waals surface area contributed by atoms with E-state index in [9.17, 15) is 18.0 Å². The van der Waals surface area contributed by atoms with Crippen LogP contribution in [0.1, 0.15) is 22.3 Å². The van der Waals surface area contributed by atoms with Crippen molar-refractivity contribution < 1.29 is 18.0 Å². The molecule has 0 aliphatic carbocycles. The number of hydrogen-bond donors (Lipinski definition) is 0. The van der Waals surface area contributed by atoms with Crippen molar-refractivity contribution in [2.24, 2.45) is 0 Å². The molecule has 1 aromatic carbocycles. The van der Waals surface area contributed by atoms with Crippen LogP contribution in [0, 0.1) is 0 Å². The second-order valence-corrected chi connectivity index (χ2v) is 5.24. The molecule has 3 nitrogen and oxygen atoms in total. The Morgan fingerprint density at radius 2 is 2.05 bits per heavy atom. The van der Waals surface area contributed by atoms with Crippen molar-refractivity contribution in [2.45, 2.75) is 18.6 Å². The number of alkyl halides is 3. The molecule has 1 aliphatic rings. The molecule has 110 valence electrons. The Balaban J connectivity index is 2.28. The zero-order valence-corrected chi connectivity index (χ0v) is 11.4. The van der Waals surface area contributed by atoms with E-state index in [1.807, 2.05) is 19.0 Å². The van der Waals surface area contributed by atoms with E-state index < -0.39 is 11.7 Å². The van der Waals surface area contributed by atoms with Crippen LogP contribution in [0.4, 0.5) is 18.9 Å². The standard InChI is InChI=1S/C14H17F3N2O/c1-18(2)12-5-6-19(8-12)11-4-3-10(9-20)13(7-11)14(15,16)17/h3-4,7,9,12H,5-6,8H2,1-2H3. The number of hydrogen-bond acceptors (Lipinski definition) is 3. The van der Waals surface area contributed by atoms with Gasteiger partial charge >= 0.3 is 6.18 Å². The first-order valence-electron chi connectivity index (χ1n) is 6.40. The van der Waals surface area contributed by atoms with Gasteiger partial charge in [-0.15, -0.1) is 0 Å². The Kier molecular flexibility index (Phi) is 4.04. The number of benzene rings is 1. The molecule has 0 spiro atoms. The summed E-state index contributed by atoms with van der Waals surface area (Å²) in [6, 6.07) is 4.24. The van der Waals surface area contributed by atoms with Crippen molar-refractivity contribution in [1.29, 1.82) is 0 Å². The molecule has 1 fully saturated rings. The third-order valence-electron chi connectivity index (χ3n) is 3.73. The number of carbonyl (C=O) groups is 1. The Morgan fingerprint density at radius 1 is 1.35 bits per heavy atom. The van der Waals surface area contributed by atoms with E-state index in [0.29, 0.717) is 18.3 Å². The maximum Gasteiger partial charge on any atom is 0.417 e. The lowest BCUT2D eigenvalue weighted by Gasteiger charge is -2.23. The number of halogens is 3. The third-order valence-corrected chi connectivity index (χ3v) is 3.73. The molecule has 0 bridgehead atoms. The molecule has 1 heterocycles. The van der Waals surface area contributed by atoms with E-state index >= 15 is 0 Å². The fraction of sp³-hybridized carbons (Fsp3) is 0.500. The summed E-state index contributed by atoms with van der Waals surface area (Å²) >= 11 is 0. The first-order valence-corrected chi connectivity index (χ1v) is 6.40. The Morgan fingerprint density at radius 3 is 2.55 bits per heavy atom. The maximum absolute atomic E-state index is 12.9. The topological polar surface area (TPSA) is 23.6 Å². The average molecular weight is 286 g/mol. The molecule has 0 saturated carbocycles. The molecule has 0 aromatic heterocycles. The molecule has 0 amide bonds. The second kappa shape index (κ2) is 5.44. The van der Waals surface area contributed by atoms with Gasteiger partial charge in [0.2, 0.25) is 0 Å². The Hall–Kier alpha value is -1.56. The Bertz CT molecular complexity index is 500. The van der Waals surface area contributed by atoms with Gasteiger partial charge in [-0.05, 0) is 38.7 Å². The predicted octanol–water partition coefficient (Wildman–Crippen LogP) is 2.66. The molecular weight excluding hydrogens is 269 g/mol. The van der Waals surface area contributed by atoms with Gasteiger partial charge in [-0.25, -0.2) is 0 Å². The van der Waals surface area contributed by atoms with Crippen LogP contribution in [0.5, 0.6) is 0 Å². The van der Waals surface area contributed by atoms with Crippen LogP contribution < -0.4 is 4.90 Å². The normalized spacial score (nSPS) is 19.7. The smallest absolute Gasteiger partial charge is 0.370 e. The lowest BCUT2D eigenvalue weighted by atomic mass is 10.1. The largest absolute Gasteiger partial charge is 0.417 e. The van der Waals surface area contributed by atoms with Crippen molar-refractivity contribution in [1.82, 2.24) is 4.90 Å². The van der Waals surface area contributed by atoms with Gasteiger partial charge < -0.3 is 9.80 Å². The highest BCUT2D eigenvalue weighted by Crippen LogP contribution is 2.35. The number of nitrogens with zero attached hydrogens (tertiary/aromatic N) is 2. The molecule has 1 atom stereocenters. The van der Waals surface area contributed by atoms with Crippen LogP contribution in [0.25, 0.3) is 0 Å². The zero-order valence-electron chi connectivity index (χ0n) is 11.4. The predicted molar refractivity (Wildman–Crippen MR) is 71.1 cm³/mol. The van der Waals surface area contributed by atoms with Gasteiger partial charge in [0.05, 0.1) is 5.56 Å². The summed E-state index contributed by atoms with van der Waals surface area (Å²) in [4.78, 5) is 14.7. The van der Waals surface area contributed by atoms with Crippen molar-refractivity contribution in [3.05, 3.63) is 29.3 Å². The van der Waals surface area contributed by atoms with Gasteiger partial charge in [-0.2, -0.15) is 13.2 Å². The molecule has 2 rings (SSSR count). The molecule has 1 aliphatic heterocycles. The van der Waals surface area contributed by atoms with Crippen molar-refractivity contribution in [3.8, 4) is 0 Å². The van der Waals surface area contributed by atoms with Gasteiger partial charge in [0.1, 0.15) is 0 Å². The van der Waals surface area contributed by atoms with E-state index in [4.69, 9.17) is 0 Å². The third kappa shape index (κ3) is 2.95. The van der Waals surface area contributed by atoms with Gasteiger partial charge in [0.25, 0.3) is 0 Å². The van der Waals surface area contributed by atoms with Crippen LogP contribution in [-0.2, 0) is 6.18 Å². The lowest BCUT2D eigenvalue weighted by Crippen LogP contribution is -2.31. The minimum absolute atomic E-state index is 0.249. The van der Waals surface area contributed by atoms with Gasteiger partial charge in [0.15, 0.2) is 6.29 Å². The molecule has 1 saturated heterocycles. The molecule has 20 heavy (non-hydrogen) atoms. The van der Waals surface area contributed by atoms with E-state index in [1.165, 1.54) is 6.07 Å². The van der Waals surface area contributed by atoms with E-state index in [2.05, 4.69) is 4.90 Å². The van der Waals surface area contributed by atoms with Gasteiger partial charge in [0, 0.05) is 30.4 Å². The summed E-state index contributed by atoms with van der Waals surface area (Å²) in [5, 5.41) is 0. The highest BCUT2D eigenvalue weighted by atomic mass is 19.4. The fourth-order valence-corrected chi connectivity index (χ4v) is 2.49. The molecule has 0 radical (unpaired) electrons. The highest BCUT2D eigenvalue weighted by Gasteiger charge is 2.34. The van der Waals surface area contributed by atoms with Crippen LogP contribution in [0.2, 0.25) is 0 Å². The van der Waals surface area contributed by atoms with Gasteiger partial charge in [-0.1, -0.05) is 0 Å². The monoisotopic (exact) mass is 286 g/mol. The Labute approximate surface area is 116 Å². The van der Waals surface area contributed by atoms with Crippen LogP contribution in [-0.4, -0.2) is 44.4 Å². The first-order chi connectivity index (χ1) is 9.32. The average Bonchev–Trinajstić information content (AvgIpc) is 2.86. The lowest BCUT2D eigenvalue weighted by molar-refractivity contribution is -0.137. The minimum Gasteiger partial charge on any atom is -0.370 e. The second-order valence-electron chi connectivity index (χ2n) is 5.24. The summed E-state index contributed by atoms with van der Waals surface area (Å²) in [6.07, 6.45) is -3.34. The zero-order chi connectivity index (χ0) is 14.9. The molecule has 0 N–H and O–H groups in total. The highest BCUT2D eigenvalue weighted by molar-refractivity contribution is 5.79. The van der Waals surface area contributed by atoms with Crippen molar-refractivity contribution >= 4 is 12.0 Å². The van der Waals surface area contributed by atoms with Crippen molar-refractivity contribution in [3.63, 3.8) is 0 Å². The van der Waals surface area contributed by atoms with Crippen LogP contribution >= 0.6 is 0 Å². The fourth-order valence-electron chi connectivity index (χ4n) is 2.49. The molecule has 1 aromatic rings. The van der Waals surface area contributed by atoms with Crippen LogP contribution in [0.3, 0.4) is 0 Å². The number of aldehydes is 1. The minimum atomic E-state index is -4.51. The quantitative estimate of drug-likeness (QED) is 0.798. The molecular formula is C14H17F3N2O. The summed E-state index contributed by atoms with van der Waals surface area (Å²) in [5.41, 5.74) is -0.657. The number of anilines is 1. The van der Waals surface area contributed by atoms with Gasteiger partial charge in [-0.3, -0.25) is 4.79 Å². The summed E-state index contributed by atoms with van der Waals surface area (Å²) in [5.74, 6) is 0. The van der Waals surface area contributed by atoms with E-state index in [-0.39, 0.29) is 11.8 Å². The summed E-state index contributed by atoms with van der Waals surface area (Å²) in [6.45, 7) is 1.42. The SMILES string of the molecule is CN(C)C1CCN(c2ccc(C=O)c(C(F)(F)F)c2)C1. The summed E-state index contributed by atoms with van der Waals surface area (Å²) < 4.78 is 38.8. The number of rotatable bonds is 3. The molecule has 1 unspecified atom stereocenters. The number of carbonyl (C=O) groups excluding carboxylic acids is 1. The van der Waals surface area contributed by atoms with Crippen LogP contribution in [0.15, 0.2) is 18.2 Å².